The maximum atomic E-state index is 11.5. The number of halogens is 3. The van der Waals surface area contributed by atoms with Gasteiger partial charge in [-0.15, -0.1) is 13.2 Å². The van der Waals surface area contributed by atoms with E-state index in [4.69, 9.17) is 5.11 Å². The molecule has 0 aromatic rings. The van der Waals surface area contributed by atoms with Crippen LogP contribution in [0.5, 0.6) is 0 Å². The Bertz CT molecular complexity index is 334. The molecule has 0 aliphatic rings. The van der Waals surface area contributed by atoms with E-state index in [2.05, 4.69) is 4.74 Å². The van der Waals surface area contributed by atoms with E-state index in [1.165, 1.54) is 6.92 Å². The third-order valence-electron chi connectivity index (χ3n) is 1.71. The molecule has 0 saturated carbocycles. The van der Waals surface area contributed by atoms with Gasteiger partial charge in [0.1, 0.15) is 0 Å². The van der Waals surface area contributed by atoms with E-state index in [0.717, 1.165) is 0 Å². The van der Waals surface area contributed by atoms with Crippen molar-refractivity contribution < 1.29 is 36.2 Å². The summed E-state index contributed by atoms with van der Waals surface area (Å²) in [6.45, 7) is 0.219. The van der Waals surface area contributed by atoms with Crippen molar-refractivity contribution in [3.63, 3.8) is 0 Å². The zero-order valence-corrected chi connectivity index (χ0v) is 9.14. The molecular weight excluding hydrogens is 253 g/mol. The van der Waals surface area contributed by atoms with Gasteiger partial charge in [-0.25, -0.2) is 8.42 Å². The van der Waals surface area contributed by atoms with Crippen LogP contribution in [0.3, 0.4) is 0 Å². The monoisotopic (exact) mass is 264 g/mol. The fourth-order valence-electron chi connectivity index (χ4n) is 0.998. The van der Waals surface area contributed by atoms with Crippen LogP contribution < -0.4 is 0 Å². The van der Waals surface area contributed by atoms with Crippen molar-refractivity contribution in [3.8, 4) is 0 Å². The summed E-state index contributed by atoms with van der Waals surface area (Å²) in [4.78, 5) is 10.5. The van der Waals surface area contributed by atoms with Crippen molar-refractivity contribution in [2.75, 3.05) is 12.4 Å². The quantitative estimate of drug-likeness (QED) is 0.767. The normalized spacial score (nSPS) is 14.8. The Hall–Kier alpha value is -0.830. The van der Waals surface area contributed by atoms with E-state index in [0.29, 0.717) is 0 Å². The average molecular weight is 264 g/mol. The maximum Gasteiger partial charge on any atom is 0.522 e. The molecule has 1 unspecified atom stereocenters. The minimum absolute atomic E-state index is 0.205. The summed E-state index contributed by atoms with van der Waals surface area (Å²) in [7, 11) is -4.12. The Kier molecular flexibility index (Phi) is 5.20. The van der Waals surface area contributed by atoms with Crippen LogP contribution in [0, 0.1) is 0 Å². The van der Waals surface area contributed by atoms with Crippen LogP contribution in [0.1, 0.15) is 13.3 Å². The van der Waals surface area contributed by atoms with Crippen LogP contribution >= 0.6 is 0 Å². The molecule has 0 bridgehead atoms. The van der Waals surface area contributed by atoms with Gasteiger partial charge in [-0.3, -0.25) is 9.53 Å². The Morgan fingerprint density at radius 1 is 1.44 bits per heavy atom. The zero-order valence-electron chi connectivity index (χ0n) is 8.32. The molecule has 0 spiro atoms. The first-order valence-electron chi connectivity index (χ1n) is 4.25. The zero-order chi connectivity index (χ0) is 13.0. The summed E-state index contributed by atoms with van der Waals surface area (Å²) >= 11 is 0. The molecule has 96 valence electrons. The molecule has 0 aliphatic carbocycles. The molecule has 0 aromatic carbocycles. The van der Waals surface area contributed by atoms with Crippen LogP contribution in [-0.2, 0) is 19.4 Å². The van der Waals surface area contributed by atoms with Gasteiger partial charge in [0.05, 0.1) is 12.4 Å². The second kappa shape index (κ2) is 5.48. The number of ether oxygens (including phenoxy) is 1. The second-order valence-corrected chi connectivity index (χ2v) is 5.20. The van der Waals surface area contributed by atoms with Gasteiger partial charge in [-0.1, -0.05) is 6.92 Å². The van der Waals surface area contributed by atoms with Gasteiger partial charge in [-0.05, 0) is 6.42 Å². The number of aliphatic carboxylic acids is 1. The molecule has 1 atom stereocenters. The SMILES string of the molecule is CCC(C(=O)O)S(=O)(=O)CCOC(F)(F)F. The molecule has 0 heterocycles. The molecule has 9 heteroatoms. The fraction of sp³-hybridized carbons (Fsp3) is 0.857. The lowest BCUT2D eigenvalue weighted by Crippen LogP contribution is -2.33. The highest BCUT2D eigenvalue weighted by Crippen LogP contribution is 2.16. The van der Waals surface area contributed by atoms with E-state index in [1.54, 1.807) is 0 Å². The van der Waals surface area contributed by atoms with Gasteiger partial charge in [0.2, 0.25) is 0 Å². The Morgan fingerprint density at radius 3 is 2.25 bits per heavy atom. The topological polar surface area (TPSA) is 80.7 Å². The van der Waals surface area contributed by atoms with Crippen LogP contribution in [0.4, 0.5) is 13.2 Å². The number of sulfone groups is 1. The Morgan fingerprint density at radius 2 is 1.94 bits per heavy atom. The number of rotatable bonds is 6. The summed E-state index contributed by atoms with van der Waals surface area (Å²) < 4.78 is 60.4. The first kappa shape index (κ1) is 15.2. The van der Waals surface area contributed by atoms with Crippen molar-refractivity contribution in [2.24, 2.45) is 0 Å². The number of carbonyl (C=O) groups is 1. The highest BCUT2D eigenvalue weighted by atomic mass is 32.2. The van der Waals surface area contributed by atoms with Crippen molar-refractivity contribution in [1.82, 2.24) is 0 Å². The van der Waals surface area contributed by atoms with Crippen LogP contribution in [0.15, 0.2) is 0 Å². The van der Waals surface area contributed by atoms with Crippen LogP contribution in [0.2, 0.25) is 0 Å². The minimum Gasteiger partial charge on any atom is -0.480 e. The average Bonchev–Trinajstić information content (AvgIpc) is 1.99. The molecule has 0 radical (unpaired) electrons. The van der Waals surface area contributed by atoms with Gasteiger partial charge in [-0.2, -0.15) is 0 Å². The lowest BCUT2D eigenvalue weighted by atomic mass is 10.3. The van der Waals surface area contributed by atoms with E-state index in [-0.39, 0.29) is 6.42 Å². The lowest BCUT2D eigenvalue weighted by molar-refractivity contribution is -0.322. The molecule has 0 saturated heterocycles. The summed E-state index contributed by atoms with van der Waals surface area (Å²) in [6, 6.07) is 0. The molecule has 16 heavy (non-hydrogen) atoms. The molecule has 0 fully saturated rings. The van der Waals surface area contributed by atoms with Gasteiger partial charge < -0.3 is 5.11 Å². The van der Waals surface area contributed by atoms with Gasteiger partial charge in [0.15, 0.2) is 15.1 Å². The van der Waals surface area contributed by atoms with E-state index >= 15 is 0 Å². The molecule has 0 aromatic heterocycles. The second-order valence-electron chi connectivity index (χ2n) is 2.90. The van der Waals surface area contributed by atoms with Crippen molar-refractivity contribution >= 4 is 15.8 Å². The van der Waals surface area contributed by atoms with Crippen LogP contribution in [0.25, 0.3) is 0 Å². The van der Waals surface area contributed by atoms with Crippen molar-refractivity contribution in [3.05, 3.63) is 0 Å². The van der Waals surface area contributed by atoms with Crippen molar-refractivity contribution in [1.29, 1.82) is 0 Å². The standard InChI is InChI=1S/C7H11F3O5S/c1-2-5(6(11)12)16(13,14)4-3-15-7(8,9)10/h5H,2-4H2,1H3,(H,11,12). The lowest BCUT2D eigenvalue weighted by Gasteiger charge is -2.12. The van der Waals surface area contributed by atoms with Gasteiger partial charge >= 0.3 is 12.3 Å². The summed E-state index contributed by atoms with van der Waals surface area (Å²) in [5.74, 6) is -2.55. The first-order valence-corrected chi connectivity index (χ1v) is 5.96. The number of hydrogen-bond acceptors (Lipinski definition) is 4. The first-order chi connectivity index (χ1) is 7.10. The van der Waals surface area contributed by atoms with E-state index in [1.807, 2.05) is 0 Å². The largest absolute Gasteiger partial charge is 0.522 e. The molecular formula is C7H11F3O5S. The number of hydrogen-bond donors (Lipinski definition) is 1. The summed E-state index contributed by atoms with van der Waals surface area (Å²) in [6.07, 6.45) is -5.12. The molecule has 1 N–H and O–H groups in total. The van der Waals surface area contributed by atoms with Gasteiger partial charge in [0.25, 0.3) is 0 Å². The van der Waals surface area contributed by atoms with Gasteiger partial charge in [0, 0.05) is 0 Å². The smallest absolute Gasteiger partial charge is 0.480 e. The van der Waals surface area contributed by atoms with E-state index < -0.39 is 39.8 Å². The number of carboxylic acid groups (broad SMARTS) is 1. The molecule has 0 rings (SSSR count). The molecule has 0 aliphatic heterocycles. The maximum absolute atomic E-state index is 11.5. The predicted molar refractivity (Wildman–Crippen MR) is 47.5 cm³/mol. The fourth-order valence-corrected chi connectivity index (χ4v) is 2.41. The highest BCUT2D eigenvalue weighted by molar-refractivity contribution is 7.92. The summed E-state index contributed by atoms with van der Waals surface area (Å²) in [5, 5.41) is 6.84. The number of carboxylic acids is 1. The molecule has 0 amide bonds. The van der Waals surface area contributed by atoms with Crippen LogP contribution in [-0.4, -0.2) is 43.5 Å². The Labute approximate surface area is 90.1 Å². The van der Waals surface area contributed by atoms with Crippen molar-refractivity contribution in [2.45, 2.75) is 25.0 Å². The minimum atomic E-state index is -4.92. The Balaban J connectivity index is 4.41. The molecule has 5 nitrogen and oxygen atoms in total. The third-order valence-corrected chi connectivity index (χ3v) is 3.85. The predicted octanol–water partition coefficient (Wildman–Crippen LogP) is 0.801. The third kappa shape index (κ3) is 5.31. The number of alkyl halides is 3. The van der Waals surface area contributed by atoms with E-state index in [9.17, 15) is 26.4 Å². The highest BCUT2D eigenvalue weighted by Gasteiger charge is 2.33. The summed E-state index contributed by atoms with van der Waals surface area (Å²) in [5.41, 5.74) is 0.